The summed E-state index contributed by atoms with van der Waals surface area (Å²) in [7, 11) is 3.35. The molecule has 2 N–H and O–H groups in total. The third kappa shape index (κ3) is 7.97. The lowest BCUT2D eigenvalue weighted by Gasteiger charge is -2.16. The molecule has 0 fully saturated rings. The number of rotatable bonds is 15. The number of nitrogens with one attached hydrogen (secondary N) is 2. The minimum atomic E-state index is 0.166. The first-order valence-electron chi connectivity index (χ1n) is 14.5. The zero-order valence-electron chi connectivity index (χ0n) is 26.2. The minimum absolute atomic E-state index is 0.166. The lowest BCUT2D eigenvalue weighted by Crippen LogP contribution is -2.13. The molecule has 0 bridgehead atoms. The number of nitriles is 1. The Kier molecular flexibility index (Phi) is 11.4. The van der Waals surface area contributed by atoms with Crippen molar-refractivity contribution in [3.8, 4) is 11.8 Å². The zero-order chi connectivity index (χ0) is 31.5. The monoisotopic (exact) mass is 597 g/mol. The van der Waals surface area contributed by atoms with Gasteiger partial charge < -0.3 is 20.1 Å². The Morgan fingerprint density at radius 2 is 1.48 bits per heavy atom. The van der Waals surface area contributed by atoms with Gasteiger partial charge in [-0.2, -0.15) is 5.26 Å². The lowest BCUT2D eigenvalue weighted by atomic mass is 9.97. The number of hydrogen-bond acceptors (Lipinski definition) is 12. The highest BCUT2D eigenvalue weighted by Gasteiger charge is 2.19. The standard InChI is InChI=1S/C31H39N11O2/c1-20-13-21(2)25(22(3)14-20)15-27-37-30(35-9-7-11-43-5)28(31(38-27)36-10-8-12-44-6)39-40-29-26(16-32)23(4)42(41-29)24-17-33-19-34-18-24/h13-14,17-19H,7-12,15H2,1-6H3,(H2,35,36,37,38). The smallest absolute Gasteiger partial charge is 0.214 e. The van der Waals surface area contributed by atoms with Gasteiger partial charge in [0.2, 0.25) is 5.82 Å². The fourth-order valence-electron chi connectivity index (χ4n) is 4.85. The average molecular weight is 598 g/mol. The predicted octanol–water partition coefficient (Wildman–Crippen LogP) is 5.46. The second-order valence-electron chi connectivity index (χ2n) is 10.4. The fraction of sp³-hybridized carbons (Fsp3) is 0.419. The van der Waals surface area contributed by atoms with Gasteiger partial charge in [-0.05, 0) is 57.2 Å². The van der Waals surface area contributed by atoms with Crippen LogP contribution in [0.25, 0.3) is 5.69 Å². The summed E-state index contributed by atoms with van der Waals surface area (Å²) in [6, 6.07) is 6.55. The van der Waals surface area contributed by atoms with Crippen molar-refractivity contribution >= 4 is 23.1 Å². The van der Waals surface area contributed by atoms with Crippen LogP contribution in [-0.4, -0.2) is 70.2 Å². The van der Waals surface area contributed by atoms with E-state index in [0.717, 1.165) is 12.8 Å². The van der Waals surface area contributed by atoms with E-state index < -0.39 is 0 Å². The average Bonchev–Trinajstić information content (AvgIpc) is 3.33. The molecule has 4 aromatic rings. The van der Waals surface area contributed by atoms with E-state index in [2.05, 4.69) is 74.9 Å². The summed E-state index contributed by atoms with van der Waals surface area (Å²) in [6.45, 7) is 10.5. The van der Waals surface area contributed by atoms with Crippen molar-refractivity contribution < 1.29 is 9.47 Å². The van der Waals surface area contributed by atoms with Crippen LogP contribution in [0.2, 0.25) is 0 Å². The number of ether oxygens (including phenoxy) is 2. The van der Waals surface area contributed by atoms with Gasteiger partial charge >= 0.3 is 0 Å². The molecule has 0 saturated heterocycles. The summed E-state index contributed by atoms with van der Waals surface area (Å²) in [5, 5.41) is 30.3. The third-order valence-electron chi connectivity index (χ3n) is 6.99. The van der Waals surface area contributed by atoms with Crippen molar-refractivity contribution in [2.24, 2.45) is 10.2 Å². The largest absolute Gasteiger partial charge is 0.385 e. The molecule has 0 saturated carbocycles. The summed E-state index contributed by atoms with van der Waals surface area (Å²) in [5.41, 5.74) is 6.71. The van der Waals surface area contributed by atoms with Crippen molar-refractivity contribution in [2.45, 2.75) is 47.0 Å². The SMILES string of the molecule is COCCCNc1nc(Cc2c(C)cc(C)cc2C)nc(NCCCOC)c1N=Nc1nn(-c2cncnc2)c(C)c1C#N. The second kappa shape index (κ2) is 15.6. The molecule has 0 amide bonds. The van der Waals surface area contributed by atoms with Gasteiger partial charge in [-0.25, -0.2) is 24.6 Å². The van der Waals surface area contributed by atoms with Crippen LogP contribution >= 0.6 is 0 Å². The molecular weight excluding hydrogens is 558 g/mol. The molecule has 3 aromatic heterocycles. The molecule has 4 rings (SSSR count). The number of nitrogens with zero attached hydrogens (tertiary/aromatic N) is 9. The molecule has 13 nitrogen and oxygen atoms in total. The summed E-state index contributed by atoms with van der Waals surface area (Å²) in [6.07, 6.45) is 6.74. The topological polar surface area (TPSA) is 160 Å². The van der Waals surface area contributed by atoms with E-state index in [4.69, 9.17) is 19.4 Å². The van der Waals surface area contributed by atoms with Crippen molar-refractivity contribution in [1.29, 1.82) is 5.26 Å². The quantitative estimate of drug-likeness (QED) is 0.133. The molecule has 13 heteroatoms. The minimum Gasteiger partial charge on any atom is -0.385 e. The van der Waals surface area contributed by atoms with Crippen molar-refractivity contribution in [1.82, 2.24) is 29.7 Å². The Balaban J connectivity index is 1.79. The maximum atomic E-state index is 9.93. The number of hydrogen-bond donors (Lipinski definition) is 2. The fourth-order valence-corrected chi connectivity index (χ4v) is 4.85. The first-order valence-corrected chi connectivity index (χ1v) is 14.5. The maximum Gasteiger partial charge on any atom is 0.214 e. The second-order valence-corrected chi connectivity index (χ2v) is 10.4. The highest BCUT2D eigenvalue weighted by Crippen LogP contribution is 2.34. The molecule has 0 aliphatic rings. The normalized spacial score (nSPS) is 11.2. The molecule has 0 atom stereocenters. The van der Waals surface area contributed by atoms with Gasteiger partial charge in [-0.15, -0.1) is 15.3 Å². The van der Waals surface area contributed by atoms with Gasteiger partial charge in [0.05, 0.1) is 18.1 Å². The van der Waals surface area contributed by atoms with Crippen molar-refractivity contribution in [2.75, 3.05) is 51.2 Å². The van der Waals surface area contributed by atoms with Crippen LogP contribution in [-0.2, 0) is 15.9 Å². The molecule has 0 aliphatic heterocycles. The Bertz CT molecular complexity index is 1570. The van der Waals surface area contributed by atoms with Crippen LogP contribution in [0.3, 0.4) is 0 Å². The molecule has 44 heavy (non-hydrogen) atoms. The maximum absolute atomic E-state index is 9.93. The van der Waals surface area contributed by atoms with Gasteiger partial charge in [0.1, 0.15) is 29.5 Å². The molecular formula is C31H39N11O2. The van der Waals surface area contributed by atoms with E-state index in [0.29, 0.717) is 72.8 Å². The van der Waals surface area contributed by atoms with Crippen molar-refractivity contribution in [3.05, 3.63) is 70.2 Å². The summed E-state index contributed by atoms with van der Waals surface area (Å²) in [5.74, 6) is 1.86. The molecule has 230 valence electrons. The van der Waals surface area contributed by atoms with Crippen LogP contribution in [0.15, 0.2) is 41.1 Å². The van der Waals surface area contributed by atoms with Crippen LogP contribution in [0.5, 0.6) is 0 Å². The predicted molar refractivity (Wildman–Crippen MR) is 168 cm³/mol. The first kappa shape index (κ1) is 32.1. The Hall–Kier alpha value is -4.80. The van der Waals surface area contributed by atoms with E-state index in [1.54, 1.807) is 38.2 Å². The van der Waals surface area contributed by atoms with Gasteiger partial charge in [0.15, 0.2) is 17.3 Å². The number of aromatic nitrogens is 6. The molecule has 0 unspecified atom stereocenters. The van der Waals surface area contributed by atoms with Gasteiger partial charge in [-0.3, -0.25) is 0 Å². The number of methoxy groups -OCH3 is 2. The summed E-state index contributed by atoms with van der Waals surface area (Å²) < 4.78 is 12.1. The van der Waals surface area contributed by atoms with E-state index in [-0.39, 0.29) is 5.82 Å². The van der Waals surface area contributed by atoms with E-state index in [1.807, 2.05) is 0 Å². The first-order chi connectivity index (χ1) is 21.4. The van der Waals surface area contributed by atoms with Gasteiger partial charge in [-0.1, -0.05) is 17.7 Å². The third-order valence-corrected chi connectivity index (χ3v) is 6.99. The summed E-state index contributed by atoms with van der Waals surface area (Å²) >= 11 is 0. The van der Waals surface area contributed by atoms with Crippen molar-refractivity contribution in [3.63, 3.8) is 0 Å². The number of benzene rings is 1. The van der Waals surface area contributed by atoms with E-state index in [1.165, 1.54) is 28.6 Å². The van der Waals surface area contributed by atoms with Gasteiger partial charge in [0.25, 0.3) is 0 Å². The molecule has 1 aromatic carbocycles. The number of aryl methyl sites for hydroxylation is 3. The molecule has 0 spiro atoms. The number of azo groups is 1. The summed E-state index contributed by atoms with van der Waals surface area (Å²) in [4.78, 5) is 17.9. The Morgan fingerprint density at radius 3 is 2.02 bits per heavy atom. The highest BCUT2D eigenvalue weighted by molar-refractivity contribution is 5.74. The number of anilines is 2. The zero-order valence-corrected chi connectivity index (χ0v) is 26.2. The van der Waals surface area contributed by atoms with Crippen LogP contribution in [0, 0.1) is 39.0 Å². The van der Waals surface area contributed by atoms with Crippen LogP contribution in [0.1, 0.15) is 52.2 Å². The Morgan fingerprint density at radius 1 is 0.886 bits per heavy atom. The van der Waals surface area contributed by atoms with E-state index in [9.17, 15) is 5.26 Å². The lowest BCUT2D eigenvalue weighted by molar-refractivity contribution is 0.197. The molecule has 0 radical (unpaired) electrons. The Labute approximate surface area is 257 Å². The van der Waals surface area contributed by atoms with Gasteiger partial charge in [0, 0.05) is 46.9 Å². The molecule has 0 aliphatic carbocycles. The van der Waals surface area contributed by atoms with E-state index >= 15 is 0 Å². The van der Waals surface area contributed by atoms with Crippen LogP contribution in [0.4, 0.5) is 23.1 Å². The highest BCUT2D eigenvalue weighted by atomic mass is 16.5. The molecule has 3 heterocycles. The van der Waals surface area contributed by atoms with Crippen LogP contribution < -0.4 is 10.6 Å².